The zero-order valence-corrected chi connectivity index (χ0v) is 12.9. The number of rotatable bonds is 4. The second-order valence-electron chi connectivity index (χ2n) is 4.31. The van der Waals surface area contributed by atoms with E-state index >= 15 is 0 Å². The molecule has 2 aromatic rings. The van der Waals surface area contributed by atoms with Crippen molar-refractivity contribution >= 4 is 17.9 Å². The van der Waals surface area contributed by atoms with Crippen molar-refractivity contribution in [1.82, 2.24) is 0 Å². The summed E-state index contributed by atoms with van der Waals surface area (Å²) in [5, 5.41) is 12.1. The maximum atomic E-state index is 9.35. The minimum atomic E-state index is -1.42. The fourth-order valence-corrected chi connectivity index (χ4v) is 5.00. The van der Waals surface area contributed by atoms with Crippen LogP contribution in [0.2, 0.25) is 0 Å². The van der Waals surface area contributed by atoms with Gasteiger partial charge < -0.3 is 22.1 Å². The first kappa shape index (κ1) is 15.4. The summed E-state index contributed by atoms with van der Waals surface area (Å²) in [4.78, 5) is 0. The Bertz CT molecular complexity index is 419. The highest BCUT2D eigenvalue weighted by Crippen LogP contribution is 2.51. The van der Waals surface area contributed by atoms with Crippen LogP contribution in [0.4, 0.5) is 0 Å². The lowest BCUT2D eigenvalue weighted by Crippen LogP contribution is -3.00. The van der Waals surface area contributed by atoms with Gasteiger partial charge in [-0.15, -0.1) is 0 Å². The number of hydrogen-bond donors (Lipinski definition) is 1. The molecule has 0 atom stereocenters. The summed E-state index contributed by atoms with van der Waals surface area (Å²) >= 11 is 0. The molecule has 0 fully saturated rings. The van der Waals surface area contributed by atoms with E-state index in [1.165, 1.54) is 10.6 Å². The topological polar surface area (TPSA) is 20.2 Å². The second-order valence-corrected chi connectivity index (χ2v) is 8.17. The molecule has 0 aliphatic rings. The van der Waals surface area contributed by atoms with Gasteiger partial charge in [-0.3, -0.25) is 0 Å². The average molecular weight is 325 g/mol. The van der Waals surface area contributed by atoms with Crippen LogP contribution in [0.3, 0.4) is 0 Å². The Morgan fingerprint density at radius 3 is 1.56 bits per heavy atom. The van der Waals surface area contributed by atoms with Gasteiger partial charge in [0.1, 0.15) is 0 Å². The van der Waals surface area contributed by atoms with E-state index in [-0.39, 0.29) is 23.6 Å². The summed E-state index contributed by atoms with van der Waals surface area (Å²) in [5.41, 5.74) is 0. The van der Waals surface area contributed by atoms with Crippen molar-refractivity contribution in [3.05, 3.63) is 60.7 Å². The molecule has 0 amide bonds. The molecule has 2 aromatic carbocycles. The maximum Gasteiger partial charge on any atom is 0.0989 e. The Morgan fingerprint density at radius 1 is 0.833 bits per heavy atom. The van der Waals surface area contributed by atoms with Gasteiger partial charge in [0.15, 0.2) is 0 Å². The summed E-state index contributed by atoms with van der Waals surface area (Å²) in [5.74, 6) is 0. The largest absolute Gasteiger partial charge is 1.00 e. The Labute approximate surface area is 120 Å². The lowest BCUT2D eigenvalue weighted by atomic mass is 10.4. The molecule has 96 valence electrons. The molecule has 2 rings (SSSR count). The van der Waals surface area contributed by atoms with Crippen LogP contribution in [0.1, 0.15) is 0 Å². The number of halogens is 1. The highest BCUT2D eigenvalue weighted by atomic mass is 79.9. The zero-order chi connectivity index (χ0) is 12.1. The van der Waals surface area contributed by atoms with Gasteiger partial charge in [0, 0.05) is 0 Å². The minimum absolute atomic E-state index is 0. The van der Waals surface area contributed by atoms with Gasteiger partial charge in [-0.05, 0) is 24.3 Å². The predicted octanol–water partition coefficient (Wildman–Crippen LogP) is -0.719. The van der Waals surface area contributed by atoms with Gasteiger partial charge in [0.05, 0.1) is 37.3 Å². The monoisotopic (exact) mass is 324 g/mol. The molecule has 0 saturated carbocycles. The first-order valence-corrected chi connectivity index (χ1v) is 8.27. The van der Waals surface area contributed by atoms with Crippen molar-refractivity contribution in [1.29, 1.82) is 0 Å². The second kappa shape index (κ2) is 7.04. The van der Waals surface area contributed by atoms with E-state index < -0.39 is 7.26 Å². The summed E-state index contributed by atoms with van der Waals surface area (Å²) in [6.07, 6.45) is 0.848. The molecule has 18 heavy (non-hydrogen) atoms. The molecule has 1 N–H and O–H groups in total. The van der Waals surface area contributed by atoms with Gasteiger partial charge in [-0.1, -0.05) is 36.4 Å². The first-order chi connectivity index (χ1) is 8.27. The lowest BCUT2D eigenvalue weighted by Gasteiger charge is -2.22. The van der Waals surface area contributed by atoms with Crippen molar-refractivity contribution in [3.8, 4) is 0 Å². The number of hydrogen-bond acceptors (Lipinski definition) is 1. The fourth-order valence-electron chi connectivity index (χ4n) is 2.12. The SMILES string of the molecule is C[P+](CCO)(c1ccccc1)c1ccccc1.[Br-]. The fraction of sp³-hybridized carbons (Fsp3) is 0.200. The third-order valence-corrected chi connectivity index (χ3v) is 7.17. The van der Waals surface area contributed by atoms with E-state index in [2.05, 4.69) is 55.2 Å². The maximum absolute atomic E-state index is 9.35. The Kier molecular flexibility index (Phi) is 6.01. The van der Waals surface area contributed by atoms with Gasteiger partial charge in [-0.25, -0.2) is 0 Å². The van der Waals surface area contributed by atoms with Crippen LogP contribution in [0.25, 0.3) is 0 Å². The molecule has 3 heteroatoms. The number of benzene rings is 2. The van der Waals surface area contributed by atoms with Crippen LogP contribution in [0, 0.1) is 0 Å². The van der Waals surface area contributed by atoms with Gasteiger partial charge >= 0.3 is 0 Å². The molecule has 0 bridgehead atoms. The lowest BCUT2D eigenvalue weighted by molar-refractivity contribution is -0.00000458. The molecule has 0 aromatic heterocycles. The number of aliphatic hydroxyl groups excluding tert-OH is 1. The van der Waals surface area contributed by atoms with Gasteiger partial charge in [0.2, 0.25) is 0 Å². The smallest absolute Gasteiger partial charge is 0.0989 e. The first-order valence-electron chi connectivity index (χ1n) is 5.85. The summed E-state index contributed by atoms with van der Waals surface area (Å²) in [7, 11) is -1.42. The molecule has 0 saturated heterocycles. The van der Waals surface area contributed by atoms with Crippen LogP contribution in [0.15, 0.2) is 60.7 Å². The molecule has 0 radical (unpaired) electrons. The van der Waals surface area contributed by atoms with Crippen molar-refractivity contribution < 1.29 is 22.1 Å². The van der Waals surface area contributed by atoms with Crippen molar-refractivity contribution in [3.63, 3.8) is 0 Å². The highest BCUT2D eigenvalue weighted by Gasteiger charge is 2.36. The standard InChI is InChI=1S/C15H18OP.BrH/c1-17(13-12-16,14-8-4-2-5-9-14)15-10-6-3-7-11-15;/h2-11,16H,12-13H2,1H3;1H/q+1;/p-1. The summed E-state index contributed by atoms with van der Waals surface area (Å²) in [6.45, 7) is 2.54. The van der Waals surface area contributed by atoms with Crippen LogP contribution in [-0.2, 0) is 0 Å². The highest BCUT2D eigenvalue weighted by molar-refractivity contribution is 7.88. The Morgan fingerprint density at radius 2 is 1.22 bits per heavy atom. The van der Waals surface area contributed by atoms with Crippen LogP contribution in [-0.4, -0.2) is 24.5 Å². The summed E-state index contributed by atoms with van der Waals surface area (Å²) in [6, 6.07) is 21.1. The molecule has 0 unspecified atom stereocenters. The molecular formula is C15H18BrOP. The van der Waals surface area contributed by atoms with Crippen molar-refractivity contribution in [2.24, 2.45) is 0 Å². The minimum Gasteiger partial charge on any atom is -1.00 e. The molecule has 0 spiro atoms. The zero-order valence-electron chi connectivity index (χ0n) is 10.5. The number of aliphatic hydroxyl groups is 1. The van der Waals surface area contributed by atoms with E-state index in [0.717, 1.165) is 6.16 Å². The molecule has 0 heterocycles. The van der Waals surface area contributed by atoms with Gasteiger partial charge in [0.25, 0.3) is 0 Å². The molecule has 1 nitrogen and oxygen atoms in total. The normalized spacial score (nSPS) is 10.8. The Balaban J connectivity index is 0.00000162. The molecule has 0 aliphatic carbocycles. The third kappa shape index (κ3) is 3.20. The molecule has 0 aliphatic heterocycles. The predicted molar refractivity (Wildman–Crippen MR) is 76.9 cm³/mol. The van der Waals surface area contributed by atoms with E-state index in [9.17, 15) is 5.11 Å². The van der Waals surface area contributed by atoms with Crippen LogP contribution < -0.4 is 27.6 Å². The Hall–Kier alpha value is -0.690. The average Bonchev–Trinajstić information content (AvgIpc) is 2.41. The van der Waals surface area contributed by atoms with E-state index in [1.807, 2.05) is 12.1 Å². The van der Waals surface area contributed by atoms with Crippen LogP contribution >= 0.6 is 7.26 Å². The van der Waals surface area contributed by atoms with Gasteiger partial charge in [-0.2, -0.15) is 0 Å². The third-order valence-electron chi connectivity index (χ3n) is 3.20. The van der Waals surface area contributed by atoms with Crippen molar-refractivity contribution in [2.45, 2.75) is 0 Å². The van der Waals surface area contributed by atoms with Crippen molar-refractivity contribution in [2.75, 3.05) is 19.4 Å². The van der Waals surface area contributed by atoms with E-state index in [0.29, 0.717) is 0 Å². The van der Waals surface area contributed by atoms with E-state index in [4.69, 9.17) is 0 Å². The summed E-state index contributed by atoms with van der Waals surface area (Å²) < 4.78 is 0. The van der Waals surface area contributed by atoms with Crippen LogP contribution in [0.5, 0.6) is 0 Å². The quantitative estimate of drug-likeness (QED) is 0.736. The molecular weight excluding hydrogens is 307 g/mol. The van der Waals surface area contributed by atoms with E-state index in [1.54, 1.807) is 0 Å².